The molecule has 0 spiro atoms. The van der Waals surface area contributed by atoms with Crippen LogP contribution in [0.3, 0.4) is 0 Å². The lowest BCUT2D eigenvalue weighted by atomic mass is 9.92. The maximum atomic E-state index is 12.6. The molecule has 8 heteroatoms. The van der Waals surface area contributed by atoms with Gasteiger partial charge in [-0.2, -0.15) is 4.31 Å². The van der Waals surface area contributed by atoms with Crippen LogP contribution in [0.25, 0.3) is 0 Å². The average Bonchev–Trinajstić information content (AvgIpc) is 2.97. The molecule has 3 heterocycles. The lowest BCUT2D eigenvalue weighted by Gasteiger charge is -2.32. The second kappa shape index (κ2) is 6.78. The maximum Gasteiger partial charge on any atom is 0.251 e. The number of ether oxygens (including phenoxy) is 1. The average molecular weight is 353 g/mol. The second-order valence-corrected chi connectivity index (χ2v) is 8.57. The van der Waals surface area contributed by atoms with Crippen molar-refractivity contribution in [3.63, 3.8) is 0 Å². The molecule has 2 aliphatic heterocycles. The van der Waals surface area contributed by atoms with Gasteiger partial charge in [-0.05, 0) is 30.9 Å². The third-order valence-electron chi connectivity index (χ3n) is 4.76. The highest BCUT2D eigenvalue weighted by molar-refractivity contribution is 7.88. The highest BCUT2D eigenvalue weighted by Gasteiger charge is 2.44. The first-order valence-electron chi connectivity index (χ1n) is 8.10. The second-order valence-electron chi connectivity index (χ2n) is 6.58. The Kier molecular flexibility index (Phi) is 4.89. The number of fused-ring (bicyclic) bond motifs is 1. The standard InChI is InChI=1S/C16H23N3O4S/c1-18(10-13-5-3-4-7-17-13)16(20)14-9-12-6-8-19(24(2,21)22)11-15(12)23-14/h3-5,7,12,14-15H,6,8-11H2,1-2H3/t12-,14-,15-/m0/s1. The molecule has 1 aromatic heterocycles. The third-order valence-corrected chi connectivity index (χ3v) is 6.03. The van der Waals surface area contributed by atoms with E-state index in [4.69, 9.17) is 4.74 Å². The lowest BCUT2D eigenvalue weighted by Crippen LogP contribution is -2.45. The zero-order chi connectivity index (χ0) is 17.3. The summed E-state index contributed by atoms with van der Waals surface area (Å²) in [4.78, 5) is 18.5. The van der Waals surface area contributed by atoms with Crippen molar-refractivity contribution in [2.24, 2.45) is 5.92 Å². The molecule has 1 amide bonds. The molecule has 2 saturated heterocycles. The third kappa shape index (κ3) is 3.76. The molecule has 132 valence electrons. The van der Waals surface area contributed by atoms with Gasteiger partial charge in [0.2, 0.25) is 10.0 Å². The van der Waals surface area contributed by atoms with E-state index in [0.717, 1.165) is 12.1 Å². The van der Waals surface area contributed by atoms with Crippen LogP contribution in [0.4, 0.5) is 0 Å². The Bertz CT molecular complexity index is 695. The van der Waals surface area contributed by atoms with Crippen LogP contribution < -0.4 is 0 Å². The monoisotopic (exact) mass is 353 g/mol. The summed E-state index contributed by atoms with van der Waals surface area (Å²) in [6, 6.07) is 5.60. The quantitative estimate of drug-likeness (QED) is 0.787. The highest BCUT2D eigenvalue weighted by atomic mass is 32.2. The van der Waals surface area contributed by atoms with E-state index in [2.05, 4.69) is 4.98 Å². The van der Waals surface area contributed by atoms with E-state index < -0.39 is 16.1 Å². The number of carbonyl (C=O) groups excluding carboxylic acids is 1. The SMILES string of the molecule is CN(Cc1ccccn1)C(=O)[C@@H]1C[C@@H]2CCN(S(C)(=O)=O)C[C@@H]2O1. The van der Waals surface area contributed by atoms with Gasteiger partial charge in [-0.3, -0.25) is 9.78 Å². The van der Waals surface area contributed by atoms with Crippen molar-refractivity contribution in [3.8, 4) is 0 Å². The van der Waals surface area contributed by atoms with Crippen molar-refractivity contribution in [2.75, 3.05) is 26.4 Å². The van der Waals surface area contributed by atoms with Crippen LogP contribution in [0.1, 0.15) is 18.5 Å². The van der Waals surface area contributed by atoms with Crippen LogP contribution in [-0.2, 0) is 26.1 Å². The number of pyridine rings is 1. The van der Waals surface area contributed by atoms with Crippen LogP contribution in [0.5, 0.6) is 0 Å². The van der Waals surface area contributed by atoms with Crippen molar-refractivity contribution in [1.29, 1.82) is 0 Å². The Morgan fingerprint density at radius 2 is 2.25 bits per heavy atom. The Balaban J connectivity index is 1.60. The van der Waals surface area contributed by atoms with Gasteiger partial charge in [-0.1, -0.05) is 6.07 Å². The Hall–Kier alpha value is -1.51. The summed E-state index contributed by atoms with van der Waals surface area (Å²) in [6.45, 7) is 1.29. The van der Waals surface area contributed by atoms with E-state index in [1.165, 1.54) is 10.6 Å². The Morgan fingerprint density at radius 1 is 1.46 bits per heavy atom. The molecule has 0 aliphatic carbocycles. The zero-order valence-corrected chi connectivity index (χ0v) is 14.8. The largest absolute Gasteiger partial charge is 0.363 e. The van der Waals surface area contributed by atoms with Gasteiger partial charge in [-0.15, -0.1) is 0 Å². The molecule has 0 aromatic carbocycles. The van der Waals surface area contributed by atoms with E-state index in [9.17, 15) is 13.2 Å². The van der Waals surface area contributed by atoms with E-state index >= 15 is 0 Å². The summed E-state index contributed by atoms with van der Waals surface area (Å²) in [5, 5.41) is 0. The number of amides is 1. The van der Waals surface area contributed by atoms with Gasteiger partial charge >= 0.3 is 0 Å². The first-order chi connectivity index (χ1) is 11.3. The number of carbonyl (C=O) groups is 1. The Morgan fingerprint density at radius 3 is 2.92 bits per heavy atom. The van der Waals surface area contributed by atoms with Gasteiger partial charge in [0.1, 0.15) is 6.10 Å². The molecular weight excluding hydrogens is 330 g/mol. The van der Waals surface area contributed by atoms with E-state index in [1.54, 1.807) is 18.1 Å². The van der Waals surface area contributed by atoms with Gasteiger partial charge in [0.25, 0.3) is 5.91 Å². The molecule has 0 radical (unpaired) electrons. The van der Waals surface area contributed by atoms with Crippen molar-refractivity contribution in [1.82, 2.24) is 14.2 Å². The number of hydrogen-bond acceptors (Lipinski definition) is 5. The van der Waals surface area contributed by atoms with Crippen molar-refractivity contribution < 1.29 is 17.9 Å². The number of likely N-dealkylation sites (N-methyl/N-ethyl adjacent to an activating group) is 1. The molecule has 0 N–H and O–H groups in total. The van der Waals surface area contributed by atoms with Gasteiger partial charge in [-0.25, -0.2) is 8.42 Å². The van der Waals surface area contributed by atoms with Crippen molar-refractivity contribution in [3.05, 3.63) is 30.1 Å². The molecule has 2 aliphatic rings. The molecule has 0 unspecified atom stereocenters. The molecule has 3 atom stereocenters. The summed E-state index contributed by atoms with van der Waals surface area (Å²) in [7, 11) is -1.47. The first-order valence-corrected chi connectivity index (χ1v) is 9.95. The predicted octanol–water partition coefficient (Wildman–Crippen LogP) is 0.479. The van der Waals surface area contributed by atoms with Crippen LogP contribution >= 0.6 is 0 Å². The van der Waals surface area contributed by atoms with Gasteiger partial charge in [0.15, 0.2) is 0 Å². The normalized spacial score (nSPS) is 27.7. The minimum Gasteiger partial charge on any atom is -0.363 e. The van der Waals surface area contributed by atoms with Crippen LogP contribution in [-0.4, -0.2) is 67.1 Å². The molecule has 1 aromatic rings. The molecule has 3 rings (SSSR count). The molecule has 0 saturated carbocycles. The van der Waals surface area contributed by atoms with Crippen LogP contribution in [0.2, 0.25) is 0 Å². The number of sulfonamides is 1. The molecule has 0 bridgehead atoms. The van der Waals surface area contributed by atoms with Crippen LogP contribution in [0, 0.1) is 5.92 Å². The number of aromatic nitrogens is 1. The molecular formula is C16H23N3O4S. The summed E-state index contributed by atoms with van der Waals surface area (Å²) < 4.78 is 30.7. The molecule has 24 heavy (non-hydrogen) atoms. The highest BCUT2D eigenvalue weighted by Crippen LogP contribution is 2.34. The predicted molar refractivity (Wildman–Crippen MR) is 88.5 cm³/mol. The molecule has 7 nitrogen and oxygen atoms in total. The maximum absolute atomic E-state index is 12.6. The first kappa shape index (κ1) is 17.3. The van der Waals surface area contributed by atoms with E-state index in [-0.39, 0.29) is 17.9 Å². The fraction of sp³-hybridized carbons (Fsp3) is 0.625. The van der Waals surface area contributed by atoms with Crippen molar-refractivity contribution >= 4 is 15.9 Å². The fourth-order valence-corrected chi connectivity index (χ4v) is 4.28. The summed E-state index contributed by atoms with van der Waals surface area (Å²) in [5.41, 5.74) is 0.826. The van der Waals surface area contributed by atoms with E-state index in [0.29, 0.717) is 26.1 Å². The summed E-state index contributed by atoms with van der Waals surface area (Å²) in [6.07, 6.45) is 3.64. The zero-order valence-electron chi connectivity index (χ0n) is 14.0. The van der Waals surface area contributed by atoms with Gasteiger partial charge in [0.05, 0.1) is 24.6 Å². The number of rotatable bonds is 4. The minimum atomic E-state index is -3.21. The van der Waals surface area contributed by atoms with Crippen molar-refractivity contribution in [2.45, 2.75) is 31.6 Å². The van der Waals surface area contributed by atoms with Gasteiger partial charge in [0, 0.05) is 26.3 Å². The summed E-state index contributed by atoms with van der Waals surface area (Å²) in [5.74, 6) is 0.182. The van der Waals surface area contributed by atoms with Gasteiger partial charge < -0.3 is 9.64 Å². The molecule has 2 fully saturated rings. The smallest absolute Gasteiger partial charge is 0.251 e. The van der Waals surface area contributed by atoms with Crippen LogP contribution in [0.15, 0.2) is 24.4 Å². The summed E-state index contributed by atoms with van der Waals surface area (Å²) >= 11 is 0. The number of piperidine rings is 1. The van der Waals surface area contributed by atoms with E-state index in [1.807, 2.05) is 18.2 Å². The number of hydrogen-bond donors (Lipinski definition) is 0. The fourth-order valence-electron chi connectivity index (χ4n) is 3.42. The lowest BCUT2D eigenvalue weighted by molar-refractivity contribution is -0.142. The Labute approximate surface area is 142 Å². The number of nitrogens with zero attached hydrogens (tertiary/aromatic N) is 3. The minimum absolute atomic E-state index is 0.0686. The topological polar surface area (TPSA) is 79.8 Å².